The third-order valence-corrected chi connectivity index (χ3v) is 8.20. The van der Waals surface area contributed by atoms with E-state index in [-0.39, 0.29) is 35.1 Å². The quantitative estimate of drug-likeness (QED) is 0.785. The van der Waals surface area contributed by atoms with Gasteiger partial charge >= 0.3 is 0 Å². The molecule has 0 spiro atoms. The molecule has 2 heterocycles. The SMILES string of the molecule is Nc1ccc(CN([C@@H]2CCS(=O)(=O)C2)[C@@H]2CCS(=O)(=O)C2)cc1. The number of sulfone groups is 2. The standard InChI is InChI=1S/C15H22N2O4S2/c16-13-3-1-12(2-4-13)9-17(14-5-7-22(18,19)10-14)15-6-8-23(20,21)11-15/h1-4,14-15H,5-11,16H2/t14-,15-/m1/s1. The summed E-state index contributed by atoms with van der Waals surface area (Å²) in [4.78, 5) is 2.08. The van der Waals surface area contributed by atoms with E-state index in [1.54, 1.807) is 0 Å². The largest absolute Gasteiger partial charge is 0.399 e. The van der Waals surface area contributed by atoms with Crippen LogP contribution in [0.15, 0.2) is 24.3 Å². The molecule has 2 atom stereocenters. The van der Waals surface area contributed by atoms with E-state index >= 15 is 0 Å². The van der Waals surface area contributed by atoms with E-state index in [0.29, 0.717) is 25.1 Å². The Kier molecular flexibility index (Phi) is 4.41. The van der Waals surface area contributed by atoms with E-state index in [1.807, 2.05) is 24.3 Å². The summed E-state index contributed by atoms with van der Waals surface area (Å²) >= 11 is 0. The first kappa shape index (κ1) is 16.7. The molecule has 8 heteroatoms. The monoisotopic (exact) mass is 358 g/mol. The van der Waals surface area contributed by atoms with E-state index < -0.39 is 19.7 Å². The Morgan fingerprint density at radius 2 is 1.39 bits per heavy atom. The lowest BCUT2D eigenvalue weighted by atomic mass is 10.1. The van der Waals surface area contributed by atoms with E-state index in [4.69, 9.17) is 5.73 Å². The zero-order chi connectivity index (χ0) is 16.7. The molecule has 1 aromatic carbocycles. The van der Waals surface area contributed by atoms with Crippen LogP contribution in [0.1, 0.15) is 18.4 Å². The van der Waals surface area contributed by atoms with Gasteiger partial charge in [-0.1, -0.05) is 12.1 Å². The van der Waals surface area contributed by atoms with Gasteiger partial charge in [0.05, 0.1) is 23.0 Å². The number of rotatable bonds is 4. The molecule has 0 aromatic heterocycles. The zero-order valence-electron chi connectivity index (χ0n) is 12.9. The summed E-state index contributed by atoms with van der Waals surface area (Å²) in [5.41, 5.74) is 7.40. The average molecular weight is 358 g/mol. The maximum Gasteiger partial charge on any atom is 0.151 e. The molecule has 2 saturated heterocycles. The van der Waals surface area contributed by atoms with Crippen LogP contribution in [-0.2, 0) is 26.2 Å². The van der Waals surface area contributed by atoms with Gasteiger partial charge in [0.25, 0.3) is 0 Å². The van der Waals surface area contributed by atoms with Gasteiger partial charge in [-0.3, -0.25) is 4.90 Å². The van der Waals surface area contributed by atoms with Gasteiger partial charge in [-0.25, -0.2) is 16.8 Å². The molecule has 0 amide bonds. The second-order valence-corrected chi connectivity index (χ2v) is 11.0. The fraction of sp³-hybridized carbons (Fsp3) is 0.600. The van der Waals surface area contributed by atoms with Crippen molar-refractivity contribution in [3.05, 3.63) is 29.8 Å². The van der Waals surface area contributed by atoms with Crippen LogP contribution >= 0.6 is 0 Å². The lowest BCUT2D eigenvalue weighted by molar-refractivity contribution is 0.150. The maximum atomic E-state index is 11.8. The van der Waals surface area contributed by atoms with Crippen LogP contribution in [0.5, 0.6) is 0 Å². The molecule has 0 unspecified atom stereocenters. The highest BCUT2D eigenvalue weighted by atomic mass is 32.2. The van der Waals surface area contributed by atoms with E-state index in [2.05, 4.69) is 4.90 Å². The van der Waals surface area contributed by atoms with Crippen molar-refractivity contribution in [2.45, 2.75) is 31.5 Å². The topological polar surface area (TPSA) is 97.5 Å². The highest BCUT2D eigenvalue weighted by molar-refractivity contribution is 7.92. The van der Waals surface area contributed by atoms with E-state index in [9.17, 15) is 16.8 Å². The minimum atomic E-state index is -3.01. The minimum absolute atomic E-state index is 0.101. The number of hydrogen-bond acceptors (Lipinski definition) is 6. The smallest absolute Gasteiger partial charge is 0.151 e. The second-order valence-electron chi connectivity index (χ2n) is 6.53. The van der Waals surface area contributed by atoms with Gasteiger partial charge in [-0.05, 0) is 30.5 Å². The number of benzene rings is 1. The molecule has 0 radical (unpaired) electrons. The Bertz CT molecular complexity index is 728. The van der Waals surface area contributed by atoms with Gasteiger partial charge in [-0.2, -0.15) is 0 Å². The van der Waals surface area contributed by atoms with Gasteiger partial charge in [-0.15, -0.1) is 0 Å². The summed E-state index contributed by atoms with van der Waals surface area (Å²) in [6.07, 6.45) is 1.15. The molecule has 128 valence electrons. The van der Waals surface area contributed by atoms with Crippen LogP contribution in [0.4, 0.5) is 5.69 Å². The number of nitrogen functional groups attached to an aromatic ring is 1. The molecule has 23 heavy (non-hydrogen) atoms. The summed E-state index contributed by atoms with van der Waals surface area (Å²) in [6, 6.07) is 7.24. The Hall–Kier alpha value is -1.12. The molecule has 2 aliphatic heterocycles. The fourth-order valence-corrected chi connectivity index (χ4v) is 6.95. The van der Waals surface area contributed by atoms with Gasteiger partial charge in [0, 0.05) is 24.3 Å². The molecule has 2 fully saturated rings. The molecule has 3 rings (SSSR count). The average Bonchev–Trinajstić information content (AvgIpc) is 3.00. The second kappa shape index (κ2) is 6.07. The molecule has 2 aliphatic rings. The van der Waals surface area contributed by atoms with Crippen molar-refractivity contribution in [1.82, 2.24) is 4.90 Å². The highest BCUT2D eigenvalue weighted by Crippen LogP contribution is 2.27. The van der Waals surface area contributed by atoms with Crippen LogP contribution in [0.3, 0.4) is 0 Å². The first-order chi connectivity index (χ1) is 10.7. The van der Waals surface area contributed by atoms with Crippen molar-refractivity contribution in [3.8, 4) is 0 Å². The molecular weight excluding hydrogens is 336 g/mol. The summed E-state index contributed by atoms with van der Waals surface area (Å²) in [7, 11) is -6.02. The summed E-state index contributed by atoms with van der Waals surface area (Å²) < 4.78 is 47.3. The lowest BCUT2D eigenvalue weighted by Crippen LogP contribution is -2.44. The predicted octanol–water partition coefficient (Wildman–Crippen LogP) is 0.445. The van der Waals surface area contributed by atoms with Crippen LogP contribution in [0, 0.1) is 0 Å². The van der Waals surface area contributed by atoms with Crippen molar-refractivity contribution >= 4 is 25.4 Å². The first-order valence-electron chi connectivity index (χ1n) is 7.75. The summed E-state index contributed by atoms with van der Waals surface area (Å²) in [5.74, 6) is 0.627. The number of anilines is 1. The Morgan fingerprint density at radius 1 is 0.913 bits per heavy atom. The van der Waals surface area contributed by atoms with Crippen molar-refractivity contribution in [2.24, 2.45) is 0 Å². The molecule has 2 N–H and O–H groups in total. The first-order valence-corrected chi connectivity index (χ1v) is 11.4. The van der Waals surface area contributed by atoms with Crippen molar-refractivity contribution in [1.29, 1.82) is 0 Å². The Morgan fingerprint density at radius 3 is 1.78 bits per heavy atom. The molecule has 0 saturated carbocycles. The molecule has 0 aliphatic carbocycles. The van der Waals surface area contributed by atoms with Gasteiger partial charge < -0.3 is 5.73 Å². The third kappa shape index (κ3) is 4.05. The molecule has 0 bridgehead atoms. The third-order valence-electron chi connectivity index (χ3n) is 4.70. The summed E-state index contributed by atoms with van der Waals surface area (Å²) in [5, 5.41) is 0. The highest BCUT2D eigenvalue weighted by Gasteiger charge is 2.39. The Balaban J connectivity index is 1.83. The van der Waals surface area contributed by atoms with E-state index in [0.717, 1.165) is 5.56 Å². The van der Waals surface area contributed by atoms with Crippen molar-refractivity contribution < 1.29 is 16.8 Å². The molecular formula is C15H22N2O4S2. The zero-order valence-corrected chi connectivity index (χ0v) is 14.5. The summed E-state index contributed by atoms with van der Waals surface area (Å²) in [6.45, 7) is 0.556. The van der Waals surface area contributed by atoms with Crippen LogP contribution in [0.2, 0.25) is 0 Å². The number of nitrogens with zero attached hydrogens (tertiary/aromatic N) is 1. The van der Waals surface area contributed by atoms with Gasteiger partial charge in [0.1, 0.15) is 0 Å². The van der Waals surface area contributed by atoms with Crippen LogP contribution in [0.25, 0.3) is 0 Å². The van der Waals surface area contributed by atoms with Gasteiger partial charge in [0.15, 0.2) is 19.7 Å². The normalized spacial score (nSPS) is 29.1. The van der Waals surface area contributed by atoms with Crippen LogP contribution < -0.4 is 5.73 Å². The Labute approximate surface area is 137 Å². The molecule has 6 nitrogen and oxygen atoms in total. The van der Waals surface area contributed by atoms with Gasteiger partial charge in [0.2, 0.25) is 0 Å². The predicted molar refractivity (Wildman–Crippen MR) is 90.5 cm³/mol. The number of nitrogens with two attached hydrogens (primary N) is 1. The van der Waals surface area contributed by atoms with Crippen LogP contribution in [-0.4, -0.2) is 56.8 Å². The van der Waals surface area contributed by atoms with E-state index in [1.165, 1.54) is 0 Å². The number of hydrogen-bond donors (Lipinski definition) is 1. The van der Waals surface area contributed by atoms with Crippen molar-refractivity contribution in [3.63, 3.8) is 0 Å². The van der Waals surface area contributed by atoms with Crippen molar-refractivity contribution in [2.75, 3.05) is 28.7 Å². The maximum absolute atomic E-state index is 11.8. The lowest BCUT2D eigenvalue weighted by Gasteiger charge is -2.33. The molecule has 1 aromatic rings. The minimum Gasteiger partial charge on any atom is -0.399 e. The fourth-order valence-electron chi connectivity index (χ4n) is 3.46.